The zero-order valence-electron chi connectivity index (χ0n) is 10.3. The molecule has 0 radical (unpaired) electrons. The van der Waals surface area contributed by atoms with E-state index in [0.29, 0.717) is 5.95 Å². The van der Waals surface area contributed by atoms with Gasteiger partial charge in [-0.05, 0) is 25.7 Å². The number of nitrogens with one attached hydrogen (secondary N) is 1. The van der Waals surface area contributed by atoms with Crippen molar-refractivity contribution in [2.45, 2.75) is 26.7 Å². The topological polar surface area (TPSA) is 41.1 Å². The summed E-state index contributed by atoms with van der Waals surface area (Å²) in [5.41, 5.74) is 1.02. The van der Waals surface area contributed by atoms with Crippen molar-refractivity contribution >= 4 is 11.8 Å². The second-order valence-corrected chi connectivity index (χ2v) is 4.61. The van der Waals surface area contributed by atoms with Crippen LogP contribution < -0.4 is 10.2 Å². The molecule has 1 fully saturated rings. The predicted molar refractivity (Wildman–Crippen MR) is 66.9 cm³/mol. The molecule has 0 unspecified atom stereocenters. The molecule has 2 rings (SSSR count). The first-order valence-electron chi connectivity index (χ1n) is 5.97. The van der Waals surface area contributed by atoms with E-state index in [4.69, 9.17) is 0 Å². The number of aromatic nitrogens is 2. The maximum Gasteiger partial charge on any atom is 0.224 e. The summed E-state index contributed by atoms with van der Waals surface area (Å²) >= 11 is 0. The monoisotopic (exact) mass is 220 g/mol. The second kappa shape index (κ2) is 4.68. The van der Waals surface area contributed by atoms with Gasteiger partial charge in [0.05, 0.1) is 0 Å². The Morgan fingerprint density at radius 3 is 2.62 bits per heavy atom. The zero-order chi connectivity index (χ0) is 11.5. The third-order valence-corrected chi connectivity index (χ3v) is 3.17. The molecular formula is C12H20N4. The quantitative estimate of drug-likeness (QED) is 0.828. The van der Waals surface area contributed by atoms with E-state index in [1.165, 1.54) is 12.8 Å². The minimum Gasteiger partial charge on any atom is -0.357 e. The number of piperidine rings is 1. The van der Waals surface area contributed by atoms with Gasteiger partial charge in [-0.15, -0.1) is 0 Å². The van der Waals surface area contributed by atoms with E-state index < -0.39 is 0 Å². The van der Waals surface area contributed by atoms with Crippen molar-refractivity contribution in [1.29, 1.82) is 0 Å². The van der Waals surface area contributed by atoms with Crippen LogP contribution in [-0.4, -0.2) is 30.1 Å². The Bertz CT molecular complexity index is 356. The molecule has 16 heavy (non-hydrogen) atoms. The van der Waals surface area contributed by atoms with Gasteiger partial charge in [0.2, 0.25) is 5.95 Å². The number of aryl methyl sites for hydroxylation is 1. The largest absolute Gasteiger partial charge is 0.357 e. The minimum absolute atomic E-state index is 0.716. The first-order valence-corrected chi connectivity index (χ1v) is 5.97. The maximum absolute atomic E-state index is 4.50. The average Bonchev–Trinajstić information content (AvgIpc) is 2.29. The van der Waals surface area contributed by atoms with E-state index in [1.54, 1.807) is 0 Å². The van der Waals surface area contributed by atoms with Crippen LogP contribution in [0.4, 0.5) is 11.8 Å². The molecule has 0 spiro atoms. The van der Waals surface area contributed by atoms with Gasteiger partial charge in [-0.3, -0.25) is 0 Å². The average molecular weight is 220 g/mol. The SMILES string of the molecule is CNc1nc(C)cc(N2CCC(C)CC2)n1. The zero-order valence-corrected chi connectivity index (χ0v) is 10.3. The van der Waals surface area contributed by atoms with Gasteiger partial charge in [0, 0.05) is 31.9 Å². The Hall–Kier alpha value is -1.32. The third kappa shape index (κ3) is 2.43. The number of hydrogen-bond donors (Lipinski definition) is 1. The molecule has 1 aromatic rings. The van der Waals surface area contributed by atoms with Crippen molar-refractivity contribution in [3.63, 3.8) is 0 Å². The fourth-order valence-corrected chi connectivity index (χ4v) is 2.06. The molecule has 0 amide bonds. The molecule has 1 aromatic heterocycles. The van der Waals surface area contributed by atoms with E-state index >= 15 is 0 Å². The fourth-order valence-electron chi connectivity index (χ4n) is 2.06. The van der Waals surface area contributed by atoms with E-state index in [0.717, 1.165) is 30.5 Å². The fraction of sp³-hybridized carbons (Fsp3) is 0.667. The summed E-state index contributed by atoms with van der Waals surface area (Å²) in [6.45, 7) is 6.56. The molecular weight excluding hydrogens is 200 g/mol. The summed E-state index contributed by atoms with van der Waals surface area (Å²) < 4.78 is 0. The van der Waals surface area contributed by atoms with Gasteiger partial charge in [-0.25, -0.2) is 4.98 Å². The molecule has 1 saturated heterocycles. The van der Waals surface area contributed by atoms with Crippen molar-refractivity contribution in [2.75, 3.05) is 30.4 Å². The summed E-state index contributed by atoms with van der Waals surface area (Å²) in [4.78, 5) is 11.2. The van der Waals surface area contributed by atoms with Crippen LogP contribution in [0.15, 0.2) is 6.07 Å². The molecule has 1 aliphatic rings. The molecule has 4 nitrogen and oxygen atoms in total. The van der Waals surface area contributed by atoms with Gasteiger partial charge < -0.3 is 10.2 Å². The molecule has 2 heterocycles. The van der Waals surface area contributed by atoms with Gasteiger partial charge in [-0.2, -0.15) is 4.98 Å². The number of rotatable bonds is 2. The lowest BCUT2D eigenvalue weighted by molar-refractivity contribution is 0.436. The van der Waals surface area contributed by atoms with Gasteiger partial charge in [0.25, 0.3) is 0 Å². The van der Waals surface area contributed by atoms with E-state index in [1.807, 2.05) is 14.0 Å². The Morgan fingerprint density at radius 1 is 1.31 bits per heavy atom. The minimum atomic E-state index is 0.716. The summed E-state index contributed by atoms with van der Waals surface area (Å²) in [6.07, 6.45) is 2.52. The van der Waals surface area contributed by atoms with Gasteiger partial charge in [0.1, 0.15) is 5.82 Å². The Labute approximate surface area is 97.1 Å². The van der Waals surface area contributed by atoms with Crippen molar-refractivity contribution < 1.29 is 0 Å². The van der Waals surface area contributed by atoms with Crippen LogP contribution in [0, 0.1) is 12.8 Å². The maximum atomic E-state index is 4.50. The number of anilines is 2. The molecule has 0 aliphatic carbocycles. The summed E-state index contributed by atoms with van der Waals surface area (Å²) in [7, 11) is 1.86. The van der Waals surface area contributed by atoms with Crippen molar-refractivity contribution in [2.24, 2.45) is 5.92 Å². The van der Waals surface area contributed by atoms with Crippen LogP contribution in [-0.2, 0) is 0 Å². The highest BCUT2D eigenvalue weighted by Crippen LogP contribution is 2.22. The van der Waals surface area contributed by atoms with Gasteiger partial charge in [-0.1, -0.05) is 6.92 Å². The lowest BCUT2D eigenvalue weighted by atomic mass is 9.99. The lowest BCUT2D eigenvalue weighted by Crippen LogP contribution is -2.33. The standard InChI is InChI=1S/C12H20N4/c1-9-4-6-16(7-5-9)11-8-10(2)14-12(13-3)15-11/h8-9H,4-7H2,1-3H3,(H,13,14,15). The second-order valence-electron chi connectivity index (χ2n) is 4.61. The summed E-state index contributed by atoms with van der Waals surface area (Å²) in [5, 5.41) is 3.01. The highest BCUT2D eigenvalue weighted by Gasteiger charge is 2.17. The van der Waals surface area contributed by atoms with E-state index in [2.05, 4.69) is 33.2 Å². The smallest absolute Gasteiger partial charge is 0.224 e. The van der Waals surface area contributed by atoms with Crippen LogP contribution >= 0.6 is 0 Å². The Balaban J connectivity index is 2.16. The number of nitrogens with zero attached hydrogens (tertiary/aromatic N) is 3. The molecule has 0 bridgehead atoms. The Kier molecular flexibility index (Phi) is 3.27. The van der Waals surface area contributed by atoms with Gasteiger partial charge >= 0.3 is 0 Å². The molecule has 0 atom stereocenters. The number of hydrogen-bond acceptors (Lipinski definition) is 4. The van der Waals surface area contributed by atoms with Crippen molar-refractivity contribution in [3.8, 4) is 0 Å². The van der Waals surface area contributed by atoms with Crippen molar-refractivity contribution in [1.82, 2.24) is 9.97 Å². The molecule has 0 saturated carbocycles. The van der Waals surface area contributed by atoms with Crippen LogP contribution in [0.3, 0.4) is 0 Å². The van der Waals surface area contributed by atoms with Gasteiger partial charge in [0.15, 0.2) is 0 Å². The lowest BCUT2D eigenvalue weighted by Gasteiger charge is -2.31. The van der Waals surface area contributed by atoms with Crippen LogP contribution in [0.25, 0.3) is 0 Å². The van der Waals surface area contributed by atoms with Crippen molar-refractivity contribution in [3.05, 3.63) is 11.8 Å². The highest BCUT2D eigenvalue weighted by molar-refractivity contribution is 5.44. The molecule has 1 N–H and O–H groups in total. The molecule has 1 aliphatic heterocycles. The normalized spacial score (nSPS) is 17.6. The molecule has 88 valence electrons. The highest BCUT2D eigenvalue weighted by atomic mass is 15.2. The first kappa shape index (κ1) is 11.2. The molecule has 0 aromatic carbocycles. The van der Waals surface area contributed by atoms with Crippen LogP contribution in [0.1, 0.15) is 25.5 Å². The van der Waals surface area contributed by atoms with E-state index in [9.17, 15) is 0 Å². The Morgan fingerprint density at radius 2 is 2.00 bits per heavy atom. The first-order chi connectivity index (χ1) is 7.69. The summed E-state index contributed by atoms with van der Waals surface area (Å²) in [5.74, 6) is 2.63. The predicted octanol–water partition coefficient (Wildman–Crippen LogP) is 2.06. The molecule has 4 heteroatoms. The third-order valence-electron chi connectivity index (χ3n) is 3.17. The summed E-state index contributed by atoms with van der Waals surface area (Å²) in [6, 6.07) is 2.07. The van der Waals surface area contributed by atoms with Crippen LogP contribution in [0.5, 0.6) is 0 Å². The van der Waals surface area contributed by atoms with E-state index in [-0.39, 0.29) is 0 Å². The van der Waals surface area contributed by atoms with Crippen LogP contribution in [0.2, 0.25) is 0 Å².